The molecular formula is C12H14F2N2O2S. The lowest BCUT2D eigenvalue weighted by atomic mass is 10.2. The van der Waals surface area contributed by atoms with Crippen LogP contribution in [0.2, 0.25) is 0 Å². The Morgan fingerprint density at radius 3 is 2.42 bits per heavy atom. The van der Waals surface area contributed by atoms with Crippen LogP contribution in [0.4, 0.5) is 8.78 Å². The molecule has 0 aliphatic carbocycles. The summed E-state index contributed by atoms with van der Waals surface area (Å²) in [5.74, 6) is -1.65. The number of nitrogens with one attached hydrogen (secondary N) is 1. The number of piperazine rings is 1. The predicted octanol–water partition coefficient (Wildman–Crippen LogP) is 1.09. The Hall–Kier alpha value is -1.05. The molecule has 2 unspecified atom stereocenters. The molecule has 2 bridgehead atoms. The van der Waals surface area contributed by atoms with Crippen LogP contribution in [0, 0.1) is 11.6 Å². The standard InChI is InChI=1S/C12H14F2N2O2S/c13-8-1-4-11(14)12(5-8)19(17,18)16-9-2-3-10(16)7-15-6-9/h1,4-5,9-10,15H,2-3,6-7H2. The zero-order valence-corrected chi connectivity index (χ0v) is 11.0. The Morgan fingerprint density at radius 2 is 1.79 bits per heavy atom. The van der Waals surface area contributed by atoms with Gasteiger partial charge >= 0.3 is 0 Å². The number of sulfonamides is 1. The fourth-order valence-corrected chi connectivity index (χ4v) is 4.87. The second-order valence-corrected chi connectivity index (χ2v) is 6.76. The minimum atomic E-state index is -3.97. The van der Waals surface area contributed by atoms with Gasteiger partial charge in [0.15, 0.2) is 0 Å². The monoisotopic (exact) mass is 288 g/mol. The van der Waals surface area contributed by atoms with E-state index >= 15 is 0 Å². The third-order valence-corrected chi connectivity index (χ3v) is 5.78. The van der Waals surface area contributed by atoms with Gasteiger partial charge in [0.2, 0.25) is 10.0 Å². The maximum absolute atomic E-state index is 13.7. The highest BCUT2D eigenvalue weighted by Gasteiger charge is 2.45. The molecule has 0 amide bonds. The summed E-state index contributed by atoms with van der Waals surface area (Å²) >= 11 is 0. The van der Waals surface area contributed by atoms with Crippen molar-refractivity contribution in [2.24, 2.45) is 0 Å². The maximum atomic E-state index is 13.7. The first-order valence-corrected chi connectivity index (χ1v) is 7.63. The molecule has 4 nitrogen and oxygen atoms in total. The Labute approximate surface area is 110 Å². The number of hydrogen-bond donors (Lipinski definition) is 1. The highest BCUT2D eigenvalue weighted by atomic mass is 32.2. The van der Waals surface area contributed by atoms with Crippen molar-refractivity contribution in [1.29, 1.82) is 0 Å². The summed E-state index contributed by atoms with van der Waals surface area (Å²) in [7, 11) is -3.97. The number of nitrogens with zero attached hydrogens (tertiary/aromatic N) is 1. The van der Waals surface area contributed by atoms with Crippen molar-refractivity contribution < 1.29 is 17.2 Å². The summed E-state index contributed by atoms with van der Waals surface area (Å²) in [4.78, 5) is -0.564. The van der Waals surface area contributed by atoms with E-state index in [0.29, 0.717) is 13.1 Å². The van der Waals surface area contributed by atoms with E-state index in [9.17, 15) is 17.2 Å². The van der Waals surface area contributed by atoms with Gasteiger partial charge in [-0.2, -0.15) is 4.31 Å². The van der Waals surface area contributed by atoms with Crippen molar-refractivity contribution in [2.45, 2.75) is 29.8 Å². The van der Waals surface area contributed by atoms with Crippen LogP contribution in [0.3, 0.4) is 0 Å². The van der Waals surface area contributed by atoms with E-state index in [0.717, 1.165) is 31.0 Å². The first kappa shape index (κ1) is 13.0. The molecule has 0 saturated carbocycles. The molecule has 2 aliphatic heterocycles. The highest BCUT2D eigenvalue weighted by Crippen LogP contribution is 2.33. The first-order valence-electron chi connectivity index (χ1n) is 6.19. The second-order valence-electron chi connectivity index (χ2n) is 4.95. The zero-order valence-electron chi connectivity index (χ0n) is 10.1. The molecule has 104 valence electrons. The van der Waals surface area contributed by atoms with E-state index in [2.05, 4.69) is 5.32 Å². The third kappa shape index (κ3) is 2.05. The van der Waals surface area contributed by atoms with E-state index in [1.165, 1.54) is 4.31 Å². The number of hydrogen-bond acceptors (Lipinski definition) is 3. The molecule has 1 aromatic carbocycles. The minimum absolute atomic E-state index is 0.161. The second kappa shape index (κ2) is 4.50. The molecule has 0 aromatic heterocycles. The van der Waals surface area contributed by atoms with Crippen molar-refractivity contribution in [2.75, 3.05) is 13.1 Å². The van der Waals surface area contributed by atoms with Gasteiger partial charge in [-0.3, -0.25) is 0 Å². The Kier molecular flexibility index (Phi) is 3.07. The van der Waals surface area contributed by atoms with Crippen molar-refractivity contribution in [3.8, 4) is 0 Å². The largest absolute Gasteiger partial charge is 0.314 e. The predicted molar refractivity (Wildman–Crippen MR) is 65.1 cm³/mol. The Morgan fingerprint density at radius 1 is 1.16 bits per heavy atom. The molecule has 7 heteroatoms. The average molecular weight is 288 g/mol. The van der Waals surface area contributed by atoms with Crippen molar-refractivity contribution in [1.82, 2.24) is 9.62 Å². The molecular weight excluding hydrogens is 274 g/mol. The van der Waals surface area contributed by atoms with Gasteiger partial charge in [0.25, 0.3) is 0 Å². The molecule has 2 heterocycles. The number of benzene rings is 1. The molecule has 19 heavy (non-hydrogen) atoms. The topological polar surface area (TPSA) is 49.4 Å². The fraction of sp³-hybridized carbons (Fsp3) is 0.500. The lowest BCUT2D eigenvalue weighted by Crippen LogP contribution is -2.54. The summed E-state index contributed by atoms with van der Waals surface area (Å²) in [6, 6.07) is 2.21. The van der Waals surface area contributed by atoms with Crippen LogP contribution in [0.25, 0.3) is 0 Å². The Balaban J connectivity index is 2.05. The van der Waals surface area contributed by atoms with Gasteiger partial charge in [0, 0.05) is 25.2 Å². The van der Waals surface area contributed by atoms with Crippen LogP contribution in [0.1, 0.15) is 12.8 Å². The summed E-state index contributed by atoms with van der Waals surface area (Å²) < 4.78 is 53.3. The van der Waals surface area contributed by atoms with Crippen LogP contribution >= 0.6 is 0 Å². The molecule has 3 rings (SSSR count). The zero-order chi connectivity index (χ0) is 13.6. The van der Waals surface area contributed by atoms with Gasteiger partial charge in [0.1, 0.15) is 16.5 Å². The van der Waals surface area contributed by atoms with E-state index in [-0.39, 0.29) is 12.1 Å². The minimum Gasteiger partial charge on any atom is -0.314 e. The molecule has 1 N–H and O–H groups in total. The van der Waals surface area contributed by atoms with Gasteiger partial charge in [-0.25, -0.2) is 17.2 Å². The van der Waals surface area contributed by atoms with Crippen LogP contribution in [-0.4, -0.2) is 37.9 Å². The molecule has 2 saturated heterocycles. The average Bonchev–Trinajstić information content (AvgIpc) is 2.64. The van der Waals surface area contributed by atoms with Crippen molar-refractivity contribution in [3.63, 3.8) is 0 Å². The smallest absolute Gasteiger partial charge is 0.246 e. The molecule has 2 aliphatic rings. The van der Waals surface area contributed by atoms with Crippen LogP contribution in [-0.2, 0) is 10.0 Å². The van der Waals surface area contributed by atoms with Crippen molar-refractivity contribution in [3.05, 3.63) is 29.8 Å². The molecule has 2 atom stereocenters. The Bertz CT molecular complexity index is 590. The molecule has 0 spiro atoms. The number of halogens is 2. The summed E-state index contributed by atoms with van der Waals surface area (Å²) in [6.07, 6.45) is 1.52. The fourth-order valence-electron chi connectivity index (χ4n) is 2.92. The quantitative estimate of drug-likeness (QED) is 0.886. The van der Waals surface area contributed by atoms with Crippen LogP contribution in [0.5, 0.6) is 0 Å². The van der Waals surface area contributed by atoms with Gasteiger partial charge in [-0.05, 0) is 31.0 Å². The van der Waals surface area contributed by atoms with Gasteiger partial charge in [-0.15, -0.1) is 0 Å². The summed E-state index contributed by atoms with van der Waals surface area (Å²) in [5, 5.41) is 3.15. The lowest BCUT2D eigenvalue weighted by Gasteiger charge is -2.34. The van der Waals surface area contributed by atoms with E-state index in [1.54, 1.807) is 0 Å². The van der Waals surface area contributed by atoms with E-state index in [1.807, 2.05) is 0 Å². The highest BCUT2D eigenvalue weighted by molar-refractivity contribution is 7.89. The lowest BCUT2D eigenvalue weighted by molar-refractivity contribution is 0.262. The normalized spacial score (nSPS) is 27.7. The van der Waals surface area contributed by atoms with Crippen LogP contribution < -0.4 is 5.32 Å². The maximum Gasteiger partial charge on any atom is 0.246 e. The molecule has 2 fully saturated rings. The molecule has 0 radical (unpaired) electrons. The van der Waals surface area contributed by atoms with Gasteiger partial charge in [0.05, 0.1) is 0 Å². The van der Waals surface area contributed by atoms with Gasteiger partial charge in [-0.1, -0.05) is 0 Å². The SMILES string of the molecule is O=S(=O)(c1cc(F)ccc1F)N1C2CCC1CNC2. The van der Waals surface area contributed by atoms with E-state index in [4.69, 9.17) is 0 Å². The van der Waals surface area contributed by atoms with Gasteiger partial charge < -0.3 is 5.32 Å². The summed E-state index contributed by atoms with van der Waals surface area (Å²) in [6.45, 7) is 1.12. The third-order valence-electron chi connectivity index (χ3n) is 3.76. The van der Waals surface area contributed by atoms with E-state index < -0.39 is 26.6 Å². The number of fused-ring (bicyclic) bond motifs is 2. The van der Waals surface area contributed by atoms with Crippen molar-refractivity contribution >= 4 is 10.0 Å². The molecule has 1 aromatic rings. The first-order chi connectivity index (χ1) is 9.00. The summed E-state index contributed by atoms with van der Waals surface area (Å²) in [5.41, 5.74) is 0. The number of rotatable bonds is 2. The van der Waals surface area contributed by atoms with Crippen LogP contribution in [0.15, 0.2) is 23.1 Å².